The molecule has 0 radical (unpaired) electrons. The average molecular weight is 230 g/mol. The molecule has 0 atom stereocenters. The van der Waals surface area contributed by atoms with Gasteiger partial charge in [0.05, 0.1) is 6.61 Å². The van der Waals surface area contributed by atoms with Crippen LogP contribution in [-0.4, -0.2) is 6.61 Å². The largest absolute Gasteiger partial charge is 0.493 e. The molecule has 1 aromatic carbocycles. The van der Waals surface area contributed by atoms with E-state index in [9.17, 15) is 0 Å². The zero-order valence-corrected chi connectivity index (χ0v) is 11.0. The van der Waals surface area contributed by atoms with Gasteiger partial charge in [0.25, 0.3) is 0 Å². The molecule has 2 aliphatic carbocycles. The number of ether oxygens (including phenoxy) is 1. The molecule has 0 heterocycles. The Morgan fingerprint density at radius 1 is 1.00 bits per heavy atom. The molecule has 0 saturated heterocycles. The first-order valence-corrected chi connectivity index (χ1v) is 6.96. The lowest BCUT2D eigenvalue weighted by atomic mass is 9.98. The minimum atomic E-state index is 0.834. The summed E-state index contributed by atoms with van der Waals surface area (Å²) < 4.78 is 5.92. The van der Waals surface area contributed by atoms with E-state index >= 15 is 0 Å². The Bertz CT molecular complexity index is 414. The van der Waals surface area contributed by atoms with Crippen molar-refractivity contribution in [2.24, 2.45) is 11.8 Å². The summed E-state index contributed by atoms with van der Waals surface area (Å²) in [4.78, 5) is 0. The highest BCUT2D eigenvalue weighted by molar-refractivity contribution is 5.44. The predicted octanol–water partition coefficient (Wildman–Crippen LogP) is 4.04. The molecule has 1 heteroatoms. The van der Waals surface area contributed by atoms with Crippen molar-refractivity contribution in [1.29, 1.82) is 0 Å². The Balaban J connectivity index is 1.72. The third-order valence-electron chi connectivity index (χ3n) is 4.23. The van der Waals surface area contributed by atoms with Crippen LogP contribution in [0.3, 0.4) is 0 Å². The van der Waals surface area contributed by atoms with E-state index in [0.717, 1.165) is 24.2 Å². The van der Waals surface area contributed by atoms with Gasteiger partial charge in [0.2, 0.25) is 0 Å². The van der Waals surface area contributed by atoms with Gasteiger partial charge in [-0.25, -0.2) is 0 Å². The zero-order chi connectivity index (χ0) is 11.8. The summed E-state index contributed by atoms with van der Waals surface area (Å²) in [6, 6.07) is 4.46. The third-order valence-corrected chi connectivity index (χ3v) is 4.23. The van der Waals surface area contributed by atoms with Gasteiger partial charge in [-0.05, 0) is 80.5 Å². The van der Waals surface area contributed by atoms with Gasteiger partial charge in [0.1, 0.15) is 5.75 Å². The van der Waals surface area contributed by atoms with Crippen LogP contribution in [0, 0.1) is 25.7 Å². The van der Waals surface area contributed by atoms with E-state index in [2.05, 4.69) is 26.0 Å². The van der Waals surface area contributed by atoms with Gasteiger partial charge in [0.15, 0.2) is 0 Å². The monoisotopic (exact) mass is 230 g/mol. The summed E-state index contributed by atoms with van der Waals surface area (Å²) in [6.45, 7) is 5.37. The first-order valence-electron chi connectivity index (χ1n) is 6.96. The molecule has 17 heavy (non-hydrogen) atoms. The van der Waals surface area contributed by atoms with E-state index < -0.39 is 0 Å². The Labute approximate surface area is 104 Å². The maximum absolute atomic E-state index is 5.92. The third kappa shape index (κ3) is 2.65. The summed E-state index contributed by atoms with van der Waals surface area (Å²) in [5, 5.41) is 0. The molecular formula is C16H22O. The molecule has 0 aliphatic heterocycles. The molecule has 1 aromatic rings. The van der Waals surface area contributed by atoms with E-state index in [1.54, 1.807) is 0 Å². The first-order chi connectivity index (χ1) is 8.24. The average Bonchev–Trinajstić information content (AvgIpc) is 3.17. The number of benzene rings is 1. The minimum Gasteiger partial charge on any atom is -0.493 e. The van der Waals surface area contributed by atoms with Crippen molar-refractivity contribution in [2.45, 2.75) is 46.0 Å². The van der Waals surface area contributed by atoms with E-state index in [1.807, 2.05) is 0 Å². The Hall–Kier alpha value is -0.980. The van der Waals surface area contributed by atoms with Crippen LogP contribution in [0.5, 0.6) is 5.75 Å². The topological polar surface area (TPSA) is 9.23 Å². The van der Waals surface area contributed by atoms with E-state index in [4.69, 9.17) is 4.74 Å². The van der Waals surface area contributed by atoms with Crippen molar-refractivity contribution in [3.05, 3.63) is 28.8 Å². The summed E-state index contributed by atoms with van der Waals surface area (Å²) >= 11 is 0. The summed E-state index contributed by atoms with van der Waals surface area (Å²) in [6.07, 6.45) is 6.85. The fraction of sp³-hybridized carbons (Fsp3) is 0.625. The molecule has 2 aliphatic rings. The van der Waals surface area contributed by atoms with Crippen LogP contribution in [0.4, 0.5) is 0 Å². The van der Waals surface area contributed by atoms with Crippen molar-refractivity contribution < 1.29 is 4.74 Å². The lowest BCUT2D eigenvalue weighted by Crippen LogP contribution is -2.03. The van der Waals surface area contributed by atoms with Crippen molar-refractivity contribution in [3.63, 3.8) is 0 Å². The molecule has 0 spiro atoms. The molecule has 2 saturated carbocycles. The molecule has 0 unspecified atom stereocenters. The number of hydrogen-bond donors (Lipinski definition) is 0. The molecule has 3 rings (SSSR count). The highest BCUT2D eigenvalue weighted by Crippen LogP contribution is 2.36. The quantitative estimate of drug-likeness (QED) is 0.741. The van der Waals surface area contributed by atoms with Gasteiger partial charge in [0, 0.05) is 0 Å². The standard InChI is InChI=1S/C16H22O/c1-11-12(2)16(17-10-14-5-6-14)8-7-15(11)9-13-3-4-13/h7-8,13-14H,3-6,9-10H2,1-2H3. The number of hydrogen-bond acceptors (Lipinski definition) is 1. The second-order valence-electron chi connectivity index (χ2n) is 5.87. The maximum Gasteiger partial charge on any atom is 0.122 e. The van der Waals surface area contributed by atoms with Crippen molar-refractivity contribution in [2.75, 3.05) is 6.61 Å². The van der Waals surface area contributed by atoms with Gasteiger partial charge in [-0.1, -0.05) is 6.07 Å². The van der Waals surface area contributed by atoms with Crippen molar-refractivity contribution >= 4 is 0 Å². The lowest BCUT2D eigenvalue weighted by Gasteiger charge is -2.14. The van der Waals surface area contributed by atoms with Crippen LogP contribution in [-0.2, 0) is 6.42 Å². The Morgan fingerprint density at radius 3 is 2.35 bits per heavy atom. The maximum atomic E-state index is 5.92. The highest BCUT2D eigenvalue weighted by Gasteiger charge is 2.24. The second kappa shape index (κ2) is 4.36. The smallest absolute Gasteiger partial charge is 0.122 e. The highest BCUT2D eigenvalue weighted by atomic mass is 16.5. The SMILES string of the molecule is Cc1c(CC2CC2)ccc(OCC2CC2)c1C. The fourth-order valence-electron chi connectivity index (χ4n) is 2.35. The van der Waals surface area contributed by atoms with Crippen LogP contribution in [0.1, 0.15) is 42.4 Å². The van der Waals surface area contributed by atoms with Crippen molar-refractivity contribution in [1.82, 2.24) is 0 Å². The van der Waals surface area contributed by atoms with Crippen molar-refractivity contribution in [3.8, 4) is 5.75 Å². The lowest BCUT2D eigenvalue weighted by molar-refractivity contribution is 0.297. The van der Waals surface area contributed by atoms with Gasteiger partial charge >= 0.3 is 0 Å². The molecule has 1 nitrogen and oxygen atoms in total. The first kappa shape index (κ1) is 11.1. The molecule has 0 N–H and O–H groups in total. The Kier molecular flexibility index (Phi) is 2.85. The molecule has 2 fully saturated rings. The van der Waals surface area contributed by atoms with Gasteiger partial charge in [-0.15, -0.1) is 0 Å². The van der Waals surface area contributed by atoms with E-state index in [-0.39, 0.29) is 0 Å². The molecule has 0 bridgehead atoms. The normalized spacial score (nSPS) is 19.4. The van der Waals surface area contributed by atoms with Gasteiger partial charge in [-0.3, -0.25) is 0 Å². The van der Waals surface area contributed by atoms with E-state index in [0.29, 0.717) is 0 Å². The summed E-state index contributed by atoms with van der Waals surface area (Å²) in [7, 11) is 0. The molecule has 0 aromatic heterocycles. The van der Waals surface area contributed by atoms with E-state index in [1.165, 1.54) is 48.8 Å². The van der Waals surface area contributed by atoms with Crippen LogP contribution in [0.15, 0.2) is 12.1 Å². The fourth-order valence-corrected chi connectivity index (χ4v) is 2.35. The molecular weight excluding hydrogens is 208 g/mol. The van der Waals surface area contributed by atoms with Crippen LogP contribution in [0.2, 0.25) is 0 Å². The minimum absolute atomic E-state index is 0.834. The van der Waals surface area contributed by atoms with Gasteiger partial charge < -0.3 is 4.74 Å². The molecule has 0 amide bonds. The second-order valence-corrected chi connectivity index (χ2v) is 5.87. The summed E-state index contributed by atoms with van der Waals surface area (Å²) in [5.74, 6) is 2.90. The van der Waals surface area contributed by atoms with Crippen LogP contribution in [0.25, 0.3) is 0 Å². The predicted molar refractivity (Wildman–Crippen MR) is 70.6 cm³/mol. The zero-order valence-electron chi connectivity index (χ0n) is 11.0. The van der Waals surface area contributed by atoms with Crippen LogP contribution >= 0.6 is 0 Å². The Morgan fingerprint density at radius 2 is 1.71 bits per heavy atom. The molecule has 92 valence electrons. The summed E-state index contributed by atoms with van der Waals surface area (Å²) in [5.41, 5.74) is 4.33. The van der Waals surface area contributed by atoms with Gasteiger partial charge in [-0.2, -0.15) is 0 Å². The van der Waals surface area contributed by atoms with Crippen LogP contribution < -0.4 is 4.74 Å². The number of rotatable bonds is 5.